The van der Waals surface area contributed by atoms with Crippen LogP contribution in [0.2, 0.25) is 0 Å². The number of nitrogens with zero attached hydrogens (tertiary/aromatic N) is 1. The van der Waals surface area contributed by atoms with Gasteiger partial charge < -0.3 is 24.8 Å². The number of rotatable bonds is 8. The van der Waals surface area contributed by atoms with Crippen LogP contribution in [0.5, 0.6) is 17.2 Å². The van der Waals surface area contributed by atoms with Gasteiger partial charge in [0.2, 0.25) is 0 Å². The van der Waals surface area contributed by atoms with Crippen LogP contribution >= 0.6 is 24.0 Å². The lowest BCUT2D eigenvalue weighted by atomic mass is 10.1. The maximum atomic E-state index is 5.54. The van der Waals surface area contributed by atoms with Crippen LogP contribution in [0.3, 0.4) is 0 Å². The monoisotopic (exact) mass is 485 g/mol. The predicted molar refractivity (Wildman–Crippen MR) is 121 cm³/mol. The number of methoxy groups -OCH3 is 2. The minimum Gasteiger partial charge on any atom is -0.497 e. The normalized spacial score (nSPS) is 10.6. The molecule has 0 aliphatic rings. The van der Waals surface area contributed by atoms with Gasteiger partial charge in [-0.2, -0.15) is 0 Å². The maximum Gasteiger partial charge on any atom is 0.195 e. The Labute approximate surface area is 178 Å². The maximum absolute atomic E-state index is 5.54. The molecule has 0 aromatic heterocycles. The zero-order chi connectivity index (χ0) is 18.8. The smallest absolute Gasteiger partial charge is 0.195 e. The van der Waals surface area contributed by atoms with Gasteiger partial charge in [0.1, 0.15) is 5.75 Å². The summed E-state index contributed by atoms with van der Waals surface area (Å²) in [5.74, 6) is 2.97. The van der Waals surface area contributed by atoms with Crippen LogP contribution in [-0.4, -0.2) is 40.4 Å². The number of anilines is 1. The Bertz CT molecular complexity index is 738. The van der Waals surface area contributed by atoms with E-state index in [1.54, 1.807) is 21.3 Å². The topological polar surface area (TPSA) is 64.1 Å². The number of ether oxygens (including phenoxy) is 3. The molecule has 0 heterocycles. The molecule has 0 saturated carbocycles. The summed E-state index contributed by atoms with van der Waals surface area (Å²) in [6, 6.07) is 13.8. The first-order valence-corrected chi connectivity index (χ1v) is 8.61. The number of aliphatic imine (C=N–C) groups is 1. The average Bonchev–Trinajstić information content (AvgIpc) is 2.68. The van der Waals surface area contributed by atoms with Gasteiger partial charge in [-0.05, 0) is 43.2 Å². The summed E-state index contributed by atoms with van der Waals surface area (Å²) < 4.78 is 16.2. The Morgan fingerprint density at radius 2 is 1.85 bits per heavy atom. The minimum atomic E-state index is 0. The van der Waals surface area contributed by atoms with E-state index >= 15 is 0 Å². The van der Waals surface area contributed by atoms with Gasteiger partial charge in [-0.3, -0.25) is 4.99 Å². The molecule has 7 heteroatoms. The lowest BCUT2D eigenvalue weighted by molar-refractivity contribution is 0.311. The Morgan fingerprint density at radius 1 is 1.04 bits per heavy atom. The SMILES string of the molecule is CCOc1ccc(NC(=NC)NCCc2cccc(OC)c2)cc1OC.I. The highest BCUT2D eigenvalue weighted by atomic mass is 127. The summed E-state index contributed by atoms with van der Waals surface area (Å²) in [4.78, 5) is 4.26. The van der Waals surface area contributed by atoms with Crippen LogP contribution < -0.4 is 24.8 Å². The van der Waals surface area contributed by atoms with Crippen LogP contribution in [0.1, 0.15) is 12.5 Å². The van der Waals surface area contributed by atoms with E-state index in [4.69, 9.17) is 14.2 Å². The first-order valence-electron chi connectivity index (χ1n) is 8.61. The molecule has 0 unspecified atom stereocenters. The van der Waals surface area contributed by atoms with Gasteiger partial charge in [0.05, 0.1) is 20.8 Å². The zero-order valence-corrected chi connectivity index (χ0v) is 18.6. The molecule has 0 atom stereocenters. The number of benzene rings is 2. The second kappa shape index (κ2) is 12.3. The van der Waals surface area contributed by atoms with Crippen LogP contribution in [0.15, 0.2) is 47.5 Å². The first kappa shape index (κ1) is 22.9. The average molecular weight is 485 g/mol. The fourth-order valence-electron chi connectivity index (χ4n) is 2.49. The summed E-state index contributed by atoms with van der Waals surface area (Å²) in [7, 11) is 5.05. The lowest BCUT2D eigenvalue weighted by Crippen LogP contribution is -2.32. The molecule has 148 valence electrons. The minimum absolute atomic E-state index is 0. The molecule has 0 aliphatic carbocycles. The van der Waals surface area contributed by atoms with Gasteiger partial charge in [0.15, 0.2) is 17.5 Å². The third-order valence-corrected chi connectivity index (χ3v) is 3.79. The molecule has 0 spiro atoms. The molecule has 6 nitrogen and oxygen atoms in total. The molecule has 0 amide bonds. The van der Waals surface area contributed by atoms with Gasteiger partial charge in [0, 0.05) is 25.3 Å². The summed E-state index contributed by atoms with van der Waals surface area (Å²) in [6.07, 6.45) is 0.866. The van der Waals surface area contributed by atoms with Gasteiger partial charge in [0.25, 0.3) is 0 Å². The summed E-state index contributed by atoms with van der Waals surface area (Å²) in [5, 5.41) is 6.57. The highest BCUT2D eigenvalue weighted by molar-refractivity contribution is 14.0. The molecule has 2 N–H and O–H groups in total. The molecule has 0 bridgehead atoms. The van der Waals surface area contributed by atoms with Crippen LogP contribution in [0.4, 0.5) is 5.69 Å². The van der Waals surface area contributed by atoms with Crippen molar-refractivity contribution >= 4 is 35.6 Å². The standard InChI is InChI=1S/C20H27N3O3.HI/c1-5-26-18-10-9-16(14-19(18)25-4)23-20(21-2)22-12-11-15-7-6-8-17(13-15)24-3;/h6-10,13-14H,5,11-12H2,1-4H3,(H2,21,22,23);1H. The number of guanidine groups is 1. The van der Waals surface area contributed by atoms with Gasteiger partial charge >= 0.3 is 0 Å². The van der Waals surface area contributed by atoms with Crippen molar-refractivity contribution in [3.05, 3.63) is 48.0 Å². The van der Waals surface area contributed by atoms with Crippen LogP contribution in [-0.2, 0) is 6.42 Å². The van der Waals surface area contributed by atoms with E-state index in [0.29, 0.717) is 18.3 Å². The van der Waals surface area contributed by atoms with Crippen molar-refractivity contribution < 1.29 is 14.2 Å². The van der Waals surface area contributed by atoms with Crippen molar-refractivity contribution in [3.8, 4) is 17.2 Å². The summed E-state index contributed by atoms with van der Waals surface area (Å²) in [6.45, 7) is 3.29. The fraction of sp³-hybridized carbons (Fsp3) is 0.350. The molecule has 0 radical (unpaired) electrons. The van der Waals surface area contributed by atoms with Crippen molar-refractivity contribution in [2.24, 2.45) is 4.99 Å². The van der Waals surface area contributed by atoms with Crippen molar-refractivity contribution in [2.75, 3.05) is 39.7 Å². The molecule has 0 fully saturated rings. The molecule has 2 aromatic carbocycles. The number of halogens is 1. The fourth-order valence-corrected chi connectivity index (χ4v) is 2.49. The van der Waals surface area contributed by atoms with E-state index in [-0.39, 0.29) is 24.0 Å². The van der Waals surface area contributed by atoms with Gasteiger partial charge in [-0.1, -0.05) is 12.1 Å². The highest BCUT2D eigenvalue weighted by Gasteiger charge is 2.07. The second-order valence-electron chi connectivity index (χ2n) is 5.52. The predicted octanol–water partition coefficient (Wildman–Crippen LogP) is 3.95. The van der Waals surface area contributed by atoms with E-state index in [9.17, 15) is 0 Å². The molecular formula is C20H28IN3O3. The summed E-state index contributed by atoms with van der Waals surface area (Å²) in [5.41, 5.74) is 2.08. The first-order chi connectivity index (χ1) is 12.7. The van der Waals surface area contributed by atoms with E-state index in [1.165, 1.54) is 5.56 Å². The quantitative estimate of drug-likeness (QED) is 0.337. The van der Waals surface area contributed by atoms with E-state index < -0.39 is 0 Å². The van der Waals surface area contributed by atoms with Gasteiger partial charge in [-0.25, -0.2) is 0 Å². The Morgan fingerprint density at radius 3 is 2.52 bits per heavy atom. The molecule has 2 rings (SSSR count). The van der Waals surface area contributed by atoms with Crippen molar-refractivity contribution in [1.82, 2.24) is 5.32 Å². The molecule has 0 aliphatic heterocycles. The number of hydrogen-bond acceptors (Lipinski definition) is 4. The van der Waals surface area contributed by atoms with E-state index in [1.807, 2.05) is 43.3 Å². The van der Waals surface area contributed by atoms with E-state index in [0.717, 1.165) is 30.2 Å². The largest absolute Gasteiger partial charge is 0.497 e. The van der Waals surface area contributed by atoms with Crippen LogP contribution in [0.25, 0.3) is 0 Å². The third-order valence-electron chi connectivity index (χ3n) is 3.79. The zero-order valence-electron chi connectivity index (χ0n) is 16.2. The molecule has 27 heavy (non-hydrogen) atoms. The van der Waals surface area contributed by atoms with Crippen LogP contribution in [0, 0.1) is 0 Å². The summed E-state index contributed by atoms with van der Waals surface area (Å²) >= 11 is 0. The second-order valence-corrected chi connectivity index (χ2v) is 5.52. The highest BCUT2D eigenvalue weighted by Crippen LogP contribution is 2.30. The van der Waals surface area contributed by atoms with E-state index in [2.05, 4.69) is 21.7 Å². The number of hydrogen-bond donors (Lipinski definition) is 2. The molecular weight excluding hydrogens is 457 g/mol. The molecule has 2 aromatic rings. The Kier molecular flexibility index (Phi) is 10.4. The number of nitrogens with one attached hydrogen (secondary N) is 2. The van der Waals surface area contributed by atoms with Gasteiger partial charge in [-0.15, -0.1) is 24.0 Å². The lowest BCUT2D eigenvalue weighted by Gasteiger charge is -2.14. The van der Waals surface area contributed by atoms with Crippen molar-refractivity contribution in [1.29, 1.82) is 0 Å². The molecule has 0 saturated heterocycles. The Balaban J connectivity index is 0.00000364. The third kappa shape index (κ3) is 7.16. The van der Waals surface area contributed by atoms with Crippen molar-refractivity contribution in [3.63, 3.8) is 0 Å². The van der Waals surface area contributed by atoms with Crippen molar-refractivity contribution in [2.45, 2.75) is 13.3 Å². The Hall–Kier alpha value is -2.16.